The number of nitrogens with zero attached hydrogens (tertiary/aromatic N) is 1. The summed E-state index contributed by atoms with van der Waals surface area (Å²) in [4.78, 5) is 4.25. The van der Waals surface area contributed by atoms with Crippen molar-refractivity contribution in [3.63, 3.8) is 0 Å². The van der Waals surface area contributed by atoms with Gasteiger partial charge in [-0.2, -0.15) is 0 Å². The molecule has 1 heterocycles. The molecule has 24 heavy (non-hydrogen) atoms. The fourth-order valence-corrected chi connectivity index (χ4v) is 3.30. The molecule has 2 N–H and O–H groups in total. The van der Waals surface area contributed by atoms with Crippen LogP contribution in [0.15, 0.2) is 42.6 Å². The topological polar surface area (TPSA) is 45.1 Å². The molecule has 0 aliphatic heterocycles. The number of halogens is 2. The highest BCUT2D eigenvalue weighted by atomic mass is 35.5. The largest absolute Gasteiger partial charge is 0.378 e. The van der Waals surface area contributed by atoms with Crippen molar-refractivity contribution in [1.82, 2.24) is 4.98 Å². The number of nitrogens with one attached hydrogen (secondary N) is 1. The van der Waals surface area contributed by atoms with E-state index in [1.807, 2.05) is 12.1 Å². The van der Waals surface area contributed by atoms with Gasteiger partial charge in [0.25, 0.3) is 0 Å². The van der Waals surface area contributed by atoms with Crippen molar-refractivity contribution in [2.24, 2.45) is 0 Å². The number of anilines is 1. The van der Waals surface area contributed by atoms with Gasteiger partial charge in [0.2, 0.25) is 0 Å². The molecule has 0 saturated heterocycles. The van der Waals surface area contributed by atoms with Gasteiger partial charge in [-0.3, -0.25) is 0 Å². The van der Waals surface area contributed by atoms with Crippen LogP contribution in [-0.2, 0) is 0 Å². The fraction of sp³-hybridized carbons (Fsp3) is 0.316. The van der Waals surface area contributed by atoms with Crippen LogP contribution < -0.4 is 5.32 Å². The van der Waals surface area contributed by atoms with Gasteiger partial charge in [0.15, 0.2) is 0 Å². The molecule has 3 rings (SSSR count). The molecule has 1 aromatic carbocycles. The lowest BCUT2D eigenvalue weighted by molar-refractivity contribution is 0.0561. The summed E-state index contributed by atoms with van der Waals surface area (Å²) < 4.78 is 0. The van der Waals surface area contributed by atoms with Crippen LogP contribution in [-0.4, -0.2) is 21.7 Å². The average molecular weight is 361 g/mol. The van der Waals surface area contributed by atoms with Gasteiger partial charge in [0.05, 0.1) is 5.02 Å². The highest BCUT2D eigenvalue weighted by molar-refractivity contribution is 6.32. The Morgan fingerprint density at radius 1 is 1.25 bits per heavy atom. The molecule has 1 saturated carbocycles. The second-order valence-corrected chi connectivity index (χ2v) is 6.91. The van der Waals surface area contributed by atoms with Gasteiger partial charge in [0, 0.05) is 29.2 Å². The van der Waals surface area contributed by atoms with Crippen LogP contribution in [0.25, 0.3) is 0 Å². The summed E-state index contributed by atoms with van der Waals surface area (Å²) in [5.74, 6) is 6.71. The second kappa shape index (κ2) is 7.44. The monoisotopic (exact) mass is 360 g/mol. The lowest BCUT2D eigenvalue weighted by atomic mass is 9.82. The molecule has 5 heteroatoms. The molecule has 124 valence electrons. The third-order valence-corrected chi connectivity index (χ3v) is 4.63. The van der Waals surface area contributed by atoms with Crippen LogP contribution in [0.1, 0.15) is 31.2 Å². The van der Waals surface area contributed by atoms with Crippen LogP contribution in [0.5, 0.6) is 0 Å². The molecule has 3 nitrogen and oxygen atoms in total. The van der Waals surface area contributed by atoms with E-state index in [0.717, 1.165) is 18.4 Å². The Balaban J connectivity index is 1.71. The first-order chi connectivity index (χ1) is 11.5. The van der Waals surface area contributed by atoms with Gasteiger partial charge in [-0.15, -0.1) is 0 Å². The number of aromatic nitrogens is 1. The van der Waals surface area contributed by atoms with E-state index >= 15 is 0 Å². The number of benzene rings is 1. The van der Waals surface area contributed by atoms with Crippen LogP contribution >= 0.6 is 23.2 Å². The number of hydrogen-bond acceptors (Lipinski definition) is 3. The molecule has 1 fully saturated rings. The number of rotatable bonds is 2. The minimum Gasteiger partial charge on any atom is -0.378 e. The highest BCUT2D eigenvalue weighted by Crippen LogP contribution is 2.31. The molecule has 0 spiro atoms. The third-order valence-electron chi connectivity index (χ3n) is 4.09. The predicted molar refractivity (Wildman–Crippen MR) is 98.4 cm³/mol. The molecule has 2 aromatic rings. The van der Waals surface area contributed by atoms with Crippen molar-refractivity contribution in [1.29, 1.82) is 0 Å². The predicted octanol–water partition coefficient (Wildman–Crippen LogP) is 4.53. The van der Waals surface area contributed by atoms with Gasteiger partial charge < -0.3 is 10.4 Å². The van der Waals surface area contributed by atoms with Crippen LogP contribution in [0.2, 0.25) is 10.0 Å². The lowest BCUT2D eigenvalue weighted by Gasteiger charge is -2.33. The SMILES string of the molecule is O[C@]1(C#Cc2cccc(Cl)c2)CCC[C@@H](Nc2ncccc2Cl)C1. The fourth-order valence-electron chi connectivity index (χ4n) is 2.93. The molecule has 0 bridgehead atoms. The molecule has 1 aliphatic carbocycles. The summed E-state index contributed by atoms with van der Waals surface area (Å²) in [7, 11) is 0. The van der Waals surface area contributed by atoms with Crippen LogP contribution in [0.3, 0.4) is 0 Å². The van der Waals surface area contributed by atoms with E-state index in [2.05, 4.69) is 22.1 Å². The number of pyridine rings is 1. The lowest BCUT2D eigenvalue weighted by Crippen LogP contribution is -2.39. The zero-order valence-corrected chi connectivity index (χ0v) is 14.6. The average Bonchev–Trinajstić information content (AvgIpc) is 2.56. The van der Waals surface area contributed by atoms with Crippen LogP contribution in [0.4, 0.5) is 5.82 Å². The molecule has 1 aliphatic rings. The van der Waals surface area contributed by atoms with E-state index < -0.39 is 5.60 Å². The summed E-state index contributed by atoms with van der Waals surface area (Å²) >= 11 is 12.1. The van der Waals surface area contributed by atoms with E-state index in [1.165, 1.54) is 0 Å². The summed E-state index contributed by atoms with van der Waals surface area (Å²) in [5, 5.41) is 15.4. The Labute approximate surface area is 152 Å². The summed E-state index contributed by atoms with van der Waals surface area (Å²) in [6, 6.07) is 11.0. The van der Waals surface area contributed by atoms with E-state index in [0.29, 0.717) is 28.7 Å². The smallest absolute Gasteiger partial charge is 0.144 e. The minimum absolute atomic E-state index is 0.0878. The summed E-state index contributed by atoms with van der Waals surface area (Å²) in [5.41, 5.74) is -0.210. The first-order valence-corrected chi connectivity index (χ1v) is 8.68. The van der Waals surface area contributed by atoms with Gasteiger partial charge in [-0.1, -0.05) is 41.1 Å². The van der Waals surface area contributed by atoms with Crippen molar-refractivity contribution in [2.75, 3.05) is 5.32 Å². The third kappa shape index (κ3) is 4.42. The first kappa shape index (κ1) is 17.1. The van der Waals surface area contributed by atoms with Gasteiger partial charge >= 0.3 is 0 Å². The number of aliphatic hydroxyl groups is 1. The van der Waals surface area contributed by atoms with Crippen molar-refractivity contribution in [3.8, 4) is 11.8 Å². The second-order valence-electron chi connectivity index (χ2n) is 6.06. The minimum atomic E-state index is -1.01. The van der Waals surface area contributed by atoms with Crippen molar-refractivity contribution in [3.05, 3.63) is 58.2 Å². The maximum absolute atomic E-state index is 10.8. The Hall–Kier alpha value is -1.73. The molecule has 0 amide bonds. The van der Waals surface area contributed by atoms with Gasteiger partial charge in [-0.25, -0.2) is 4.98 Å². The molecule has 2 atom stereocenters. The Bertz CT molecular complexity index is 784. The molecule has 0 radical (unpaired) electrons. The number of hydrogen-bond donors (Lipinski definition) is 2. The molecule has 1 aromatic heterocycles. The quantitative estimate of drug-likeness (QED) is 0.773. The zero-order chi connectivity index (χ0) is 17.0. The molecular formula is C19H18Cl2N2O. The van der Waals surface area contributed by atoms with Crippen LogP contribution in [0, 0.1) is 11.8 Å². The van der Waals surface area contributed by atoms with Crippen molar-refractivity contribution >= 4 is 29.0 Å². The van der Waals surface area contributed by atoms with E-state index in [9.17, 15) is 5.11 Å². The van der Waals surface area contributed by atoms with Crippen molar-refractivity contribution in [2.45, 2.75) is 37.3 Å². The van der Waals surface area contributed by atoms with E-state index in [4.69, 9.17) is 23.2 Å². The maximum atomic E-state index is 10.8. The zero-order valence-electron chi connectivity index (χ0n) is 13.1. The summed E-state index contributed by atoms with van der Waals surface area (Å²) in [6.07, 6.45) is 4.74. The standard InChI is InChI=1S/C19H18Cl2N2O/c20-15-5-1-4-14(12-15)8-10-19(24)9-2-6-16(13-19)23-18-17(21)7-3-11-22-18/h1,3-5,7,11-12,16,24H,2,6,9,13H2,(H,22,23)/t16-,19+/m1/s1. The Morgan fingerprint density at radius 2 is 2.12 bits per heavy atom. The first-order valence-electron chi connectivity index (χ1n) is 7.92. The molecular weight excluding hydrogens is 343 g/mol. The van der Waals surface area contributed by atoms with E-state index in [1.54, 1.807) is 30.5 Å². The van der Waals surface area contributed by atoms with Gasteiger partial charge in [0.1, 0.15) is 11.4 Å². The normalized spacial score (nSPS) is 23.2. The summed E-state index contributed by atoms with van der Waals surface area (Å²) in [6.45, 7) is 0. The van der Waals surface area contributed by atoms with Gasteiger partial charge in [-0.05, 0) is 49.6 Å². The maximum Gasteiger partial charge on any atom is 0.144 e. The Morgan fingerprint density at radius 3 is 2.92 bits per heavy atom. The van der Waals surface area contributed by atoms with E-state index in [-0.39, 0.29) is 6.04 Å². The Kier molecular flexibility index (Phi) is 5.30. The van der Waals surface area contributed by atoms with Crippen molar-refractivity contribution < 1.29 is 5.11 Å². The highest BCUT2D eigenvalue weighted by Gasteiger charge is 2.33. The molecule has 0 unspecified atom stereocenters.